The summed E-state index contributed by atoms with van der Waals surface area (Å²) < 4.78 is 0. The van der Waals surface area contributed by atoms with Gasteiger partial charge in [-0.2, -0.15) is 0 Å². The van der Waals surface area contributed by atoms with Crippen molar-refractivity contribution >= 4 is 11.6 Å². The molecule has 2 aromatic carbocycles. The Morgan fingerprint density at radius 2 is 1.82 bits per heavy atom. The fourth-order valence-corrected chi connectivity index (χ4v) is 2.82. The maximum atomic E-state index is 6.29. The van der Waals surface area contributed by atoms with E-state index < -0.39 is 0 Å². The summed E-state index contributed by atoms with van der Waals surface area (Å²) in [5, 5.41) is 0.751. The fourth-order valence-electron chi connectivity index (χ4n) is 2.64. The highest BCUT2D eigenvalue weighted by Crippen LogP contribution is 2.45. The molecule has 0 fully saturated rings. The van der Waals surface area contributed by atoms with Gasteiger partial charge in [-0.15, -0.1) is 0 Å². The monoisotopic (exact) mass is 243 g/mol. The molecule has 2 N–H and O–H groups in total. The Labute approximate surface area is 106 Å². The van der Waals surface area contributed by atoms with E-state index in [1.54, 1.807) is 0 Å². The van der Waals surface area contributed by atoms with Crippen LogP contribution >= 0.6 is 11.6 Å². The Balaban J connectivity index is 2.37. The molecule has 1 aliphatic carbocycles. The molecule has 0 radical (unpaired) electrons. The summed E-state index contributed by atoms with van der Waals surface area (Å²) in [4.78, 5) is 0. The Kier molecular flexibility index (Phi) is 2.29. The Morgan fingerprint density at radius 3 is 2.59 bits per heavy atom. The third-order valence-electron chi connectivity index (χ3n) is 3.72. The standard InChI is InChI=1S/C15H14ClN/c1-8-3-5-12-14(9(8)2)11-6-4-10(16)7-13(11)15(12)17/h3-7,15H,17H2,1-2H3. The van der Waals surface area contributed by atoms with Crippen LogP contribution in [0.1, 0.15) is 28.3 Å². The molecule has 0 aliphatic heterocycles. The molecule has 0 saturated heterocycles. The van der Waals surface area contributed by atoms with Crippen LogP contribution in [0.25, 0.3) is 11.1 Å². The van der Waals surface area contributed by atoms with Crippen molar-refractivity contribution in [3.63, 3.8) is 0 Å². The quantitative estimate of drug-likeness (QED) is 0.744. The van der Waals surface area contributed by atoms with Gasteiger partial charge in [0.05, 0.1) is 6.04 Å². The van der Waals surface area contributed by atoms with Crippen molar-refractivity contribution in [3.05, 3.63) is 57.6 Å². The van der Waals surface area contributed by atoms with Crippen LogP contribution in [0.4, 0.5) is 0 Å². The van der Waals surface area contributed by atoms with E-state index in [1.807, 2.05) is 12.1 Å². The summed E-state index contributed by atoms with van der Waals surface area (Å²) in [7, 11) is 0. The van der Waals surface area contributed by atoms with E-state index in [0.717, 1.165) is 10.6 Å². The summed E-state index contributed by atoms with van der Waals surface area (Å²) in [5.74, 6) is 0. The summed E-state index contributed by atoms with van der Waals surface area (Å²) >= 11 is 6.05. The minimum absolute atomic E-state index is 0.0435. The predicted octanol–water partition coefficient (Wildman–Crippen LogP) is 3.99. The van der Waals surface area contributed by atoms with Gasteiger partial charge >= 0.3 is 0 Å². The van der Waals surface area contributed by atoms with Crippen molar-refractivity contribution < 1.29 is 0 Å². The van der Waals surface area contributed by atoms with Crippen molar-refractivity contribution in [1.29, 1.82) is 0 Å². The SMILES string of the molecule is Cc1ccc2c(c1C)-c1ccc(Cl)cc1C2N. The third kappa shape index (κ3) is 1.43. The van der Waals surface area contributed by atoms with Crippen molar-refractivity contribution in [2.75, 3.05) is 0 Å². The minimum atomic E-state index is -0.0435. The van der Waals surface area contributed by atoms with E-state index in [2.05, 4.69) is 32.0 Å². The summed E-state index contributed by atoms with van der Waals surface area (Å²) in [5.41, 5.74) is 13.8. The zero-order chi connectivity index (χ0) is 12.2. The van der Waals surface area contributed by atoms with Gasteiger partial charge in [0.25, 0.3) is 0 Å². The van der Waals surface area contributed by atoms with Crippen LogP contribution in [0.5, 0.6) is 0 Å². The van der Waals surface area contributed by atoms with Gasteiger partial charge in [0.1, 0.15) is 0 Å². The van der Waals surface area contributed by atoms with Crippen molar-refractivity contribution in [1.82, 2.24) is 0 Å². The molecular formula is C15H14ClN. The molecular weight excluding hydrogens is 230 g/mol. The topological polar surface area (TPSA) is 26.0 Å². The maximum absolute atomic E-state index is 6.29. The molecule has 0 aromatic heterocycles. The molecule has 86 valence electrons. The first kappa shape index (κ1) is 10.8. The normalized spacial score (nSPS) is 16.8. The van der Waals surface area contributed by atoms with Gasteiger partial charge in [0, 0.05) is 5.02 Å². The van der Waals surface area contributed by atoms with E-state index in [-0.39, 0.29) is 6.04 Å². The van der Waals surface area contributed by atoms with Crippen LogP contribution in [0, 0.1) is 13.8 Å². The highest BCUT2D eigenvalue weighted by molar-refractivity contribution is 6.30. The van der Waals surface area contributed by atoms with E-state index in [1.165, 1.54) is 27.8 Å². The lowest BCUT2D eigenvalue weighted by Crippen LogP contribution is -2.08. The Bertz CT molecular complexity index is 617. The zero-order valence-corrected chi connectivity index (χ0v) is 10.7. The van der Waals surface area contributed by atoms with E-state index >= 15 is 0 Å². The molecule has 0 spiro atoms. The lowest BCUT2D eigenvalue weighted by molar-refractivity contribution is 0.899. The average molecular weight is 244 g/mol. The summed E-state index contributed by atoms with van der Waals surface area (Å²) in [6, 6.07) is 10.2. The average Bonchev–Trinajstić information content (AvgIpc) is 2.58. The van der Waals surface area contributed by atoms with Crippen LogP contribution in [0.3, 0.4) is 0 Å². The van der Waals surface area contributed by atoms with Gasteiger partial charge < -0.3 is 5.73 Å². The molecule has 0 amide bonds. The van der Waals surface area contributed by atoms with Gasteiger partial charge in [-0.25, -0.2) is 0 Å². The Morgan fingerprint density at radius 1 is 1.06 bits per heavy atom. The number of hydrogen-bond acceptors (Lipinski definition) is 1. The largest absolute Gasteiger partial charge is 0.320 e. The van der Waals surface area contributed by atoms with Crippen molar-refractivity contribution in [2.24, 2.45) is 5.73 Å². The van der Waals surface area contributed by atoms with Crippen LogP contribution < -0.4 is 5.73 Å². The molecule has 17 heavy (non-hydrogen) atoms. The predicted molar refractivity (Wildman–Crippen MR) is 72.4 cm³/mol. The van der Waals surface area contributed by atoms with Crippen molar-refractivity contribution in [2.45, 2.75) is 19.9 Å². The maximum Gasteiger partial charge on any atom is 0.0564 e. The number of fused-ring (bicyclic) bond motifs is 3. The van der Waals surface area contributed by atoms with Crippen molar-refractivity contribution in [3.8, 4) is 11.1 Å². The van der Waals surface area contributed by atoms with Crippen LogP contribution in [-0.4, -0.2) is 0 Å². The third-order valence-corrected chi connectivity index (χ3v) is 3.96. The molecule has 2 heteroatoms. The van der Waals surface area contributed by atoms with Gasteiger partial charge in [0.15, 0.2) is 0 Å². The number of halogens is 1. The van der Waals surface area contributed by atoms with Gasteiger partial charge in [-0.3, -0.25) is 0 Å². The summed E-state index contributed by atoms with van der Waals surface area (Å²) in [6.07, 6.45) is 0. The first-order valence-corrected chi connectivity index (χ1v) is 6.13. The zero-order valence-electron chi connectivity index (χ0n) is 9.92. The second-order valence-electron chi connectivity index (χ2n) is 4.68. The number of rotatable bonds is 0. The van der Waals surface area contributed by atoms with E-state index in [9.17, 15) is 0 Å². The smallest absolute Gasteiger partial charge is 0.0564 e. The van der Waals surface area contributed by atoms with Crippen LogP contribution in [0.2, 0.25) is 5.02 Å². The first-order valence-electron chi connectivity index (χ1n) is 5.75. The van der Waals surface area contributed by atoms with Gasteiger partial charge in [0.2, 0.25) is 0 Å². The number of aryl methyl sites for hydroxylation is 1. The molecule has 3 rings (SSSR count). The van der Waals surface area contributed by atoms with E-state index in [4.69, 9.17) is 17.3 Å². The molecule has 1 atom stereocenters. The highest BCUT2D eigenvalue weighted by atomic mass is 35.5. The summed E-state index contributed by atoms with van der Waals surface area (Å²) in [6.45, 7) is 4.29. The first-order chi connectivity index (χ1) is 8.09. The molecule has 1 aliphatic rings. The Hall–Kier alpha value is -1.31. The number of benzene rings is 2. The molecule has 1 nitrogen and oxygen atoms in total. The fraction of sp³-hybridized carbons (Fsp3) is 0.200. The molecule has 0 bridgehead atoms. The van der Waals surface area contributed by atoms with Crippen LogP contribution in [0.15, 0.2) is 30.3 Å². The molecule has 2 aromatic rings. The van der Waals surface area contributed by atoms with Gasteiger partial charge in [-0.05, 0) is 59.4 Å². The second-order valence-corrected chi connectivity index (χ2v) is 5.12. The molecule has 0 heterocycles. The highest BCUT2D eigenvalue weighted by Gasteiger charge is 2.27. The second kappa shape index (κ2) is 3.59. The molecule has 1 unspecified atom stereocenters. The number of hydrogen-bond donors (Lipinski definition) is 1. The lowest BCUT2D eigenvalue weighted by Gasteiger charge is -2.09. The molecule has 0 saturated carbocycles. The van der Waals surface area contributed by atoms with E-state index in [0.29, 0.717) is 0 Å². The van der Waals surface area contributed by atoms with Crippen LogP contribution in [-0.2, 0) is 0 Å². The number of nitrogens with two attached hydrogens (primary N) is 1. The van der Waals surface area contributed by atoms with Gasteiger partial charge in [-0.1, -0.05) is 29.8 Å². The lowest BCUT2D eigenvalue weighted by atomic mass is 9.96. The minimum Gasteiger partial charge on any atom is -0.320 e.